The van der Waals surface area contributed by atoms with Crippen LogP contribution in [0.5, 0.6) is 0 Å². The molecule has 0 aliphatic heterocycles. The van der Waals surface area contributed by atoms with Crippen molar-refractivity contribution >= 4 is 11.3 Å². The lowest BCUT2D eigenvalue weighted by Gasteiger charge is -2.30. The molecule has 0 saturated carbocycles. The summed E-state index contributed by atoms with van der Waals surface area (Å²) in [5.41, 5.74) is 4.48. The van der Waals surface area contributed by atoms with Crippen molar-refractivity contribution in [2.24, 2.45) is 0 Å². The zero-order chi connectivity index (χ0) is 14.6. The molecule has 0 aliphatic carbocycles. The average Bonchev–Trinajstić information content (AvgIpc) is 2.88. The average molecular weight is 291 g/mol. The van der Waals surface area contributed by atoms with Crippen LogP contribution in [0.3, 0.4) is 0 Å². The fraction of sp³-hybridized carbons (Fsp3) is 0.438. The monoisotopic (exact) mass is 291 g/mol. The molecule has 3 nitrogen and oxygen atoms in total. The number of aromatic nitrogens is 1. The van der Waals surface area contributed by atoms with E-state index in [2.05, 4.69) is 4.98 Å². The number of nitrogens with zero attached hydrogens (tertiary/aromatic N) is 1. The van der Waals surface area contributed by atoms with Crippen LogP contribution < -0.4 is 0 Å². The molecular formula is C16H21NO2S. The van der Waals surface area contributed by atoms with Crippen LogP contribution in [0.25, 0.3) is 0 Å². The standard InChI is InChI=1S/C16H21NO2S/c1-12-3-5-14(6-4-12)16(9-18,10-19)8-7-15-13(2)17-11-20-15/h3-6,11,18-19H,7-10H2,1-2H3. The highest BCUT2D eigenvalue weighted by molar-refractivity contribution is 7.09. The van der Waals surface area contributed by atoms with Crippen molar-refractivity contribution in [2.45, 2.75) is 32.1 Å². The van der Waals surface area contributed by atoms with Crippen molar-refractivity contribution in [3.63, 3.8) is 0 Å². The van der Waals surface area contributed by atoms with E-state index in [0.29, 0.717) is 6.42 Å². The highest BCUT2D eigenvalue weighted by Crippen LogP contribution is 2.30. The van der Waals surface area contributed by atoms with E-state index in [-0.39, 0.29) is 13.2 Å². The van der Waals surface area contributed by atoms with Gasteiger partial charge in [-0.15, -0.1) is 11.3 Å². The lowest BCUT2D eigenvalue weighted by molar-refractivity contribution is 0.110. The van der Waals surface area contributed by atoms with Gasteiger partial charge in [0.05, 0.1) is 24.4 Å². The summed E-state index contributed by atoms with van der Waals surface area (Å²) < 4.78 is 0. The van der Waals surface area contributed by atoms with E-state index in [9.17, 15) is 10.2 Å². The van der Waals surface area contributed by atoms with Gasteiger partial charge >= 0.3 is 0 Å². The molecule has 108 valence electrons. The lowest BCUT2D eigenvalue weighted by atomic mass is 9.77. The van der Waals surface area contributed by atoms with E-state index in [0.717, 1.165) is 17.7 Å². The molecule has 0 bridgehead atoms. The minimum absolute atomic E-state index is 0.0512. The number of aryl methyl sites for hydroxylation is 3. The highest BCUT2D eigenvalue weighted by atomic mass is 32.1. The van der Waals surface area contributed by atoms with Gasteiger partial charge in [-0.1, -0.05) is 29.8 Å². The Bertz CT molecular complexity index is 544. The minimum atomic E-state index is -0.579. The Morgan fingerprint density at radius 1 is 1.10 bits per heavy atom. The number of thiazole rings is 1. The molecule has 0 spiro atoms. The van der Waals surface area contributed by atoms with Gasteiger partial charge in [0.25, 0.3) is 0 Å². The molecule has 20 heavy (non-hydrogen) atoms. The largest absolute Gasteiger partial charge is 0.395 e. The Kier molecular flexibility index (Phi) is 4.91. The van der Waals surface area contributed by atoms with Gasteiger partial charge in [0, 0.05) is 10.3 Å². The van der Waals surface area contributed by atoms with Crippen LogP contribution in [0.1, 0.15) is 28.1 Å². The van der Waals surface area contributed by atoms with Crippen LogP contribution in [0.4, 0.5) is 0 Å². The molecule has 4 heteroatoms. The van der Waals surface area contributed by atoms with Gasteiger partial charge in [-0.2, -0.15) is 0 Å². The van der Waals surface area contributed by atoms with Gasteiger partial charge < -0.3 is 10.2 Å². The van der Waals surface area contributed by atoms with E-state index < -0.39 is 5.41 Å². The van der Waals surface area contributed by atoms with Crippen molar-refractivity contribution in [1.29, 1.82) is 0 Å². The second-order valence-electron chi connectivity index (χ2n) is 5.32. The third-order valence-electron chi connectivity index (χ3n) is 3.94. The van der Waals surface area contributed by atoms with E-state index in [1.54, 1.807) is 11.3 Å². The predicted molar refractivity (Wildman–Crippen MR) is 82.2 cm³/mol. The molecule has 2 N–H and O–H groups in total. The minimum Gasteiger partial charge on any atom is -0.395 e. The third-order valence-corrected chi connectivity index (χ3v) is 4.94. The van der Waals surface area contributed by atoms with Gasteiger partial charge in [-0.05, 0) is 32.3 Å². The summed E-state index contributed by atoms with van der Waals surface area (Å²) >= 11 is 1.63. The molecule has 0 radical (unpaired) electrons. The molecule has 0 fully saturated rings. The Labute approximate surface area is 123 Å². The lowest BCUT2D eigenvalue weighted by Crippen LogP contribution is -2.35. The smallest absolute Gasteiger partial charge is 0.0797 e. The summed E-state index contributed by atoms with van der Waals surface area (Å²) in [6.45, 7) is 3.93. The van der Waals surface area contributed by atoms with E-state index in [4.69, 9.17) is 0 Å². The van der Waals surface area contributed by atoms with Crippen molar-refractivity contribution in [1.82, 2.24) is 4.98 Å². The molecule has 0 amide bonds. The Balaban J connectivity index is 2.21. The maximum absolute atomic E-state index is 9.82. The van der Waals surface area contributed by atoms with Crippen LogP contribution in [0.2, 0.25) is 0 Å². The number of rotatable bonds is 6. The summed E-state index contributed by atoms with van der Waals surface area (Å²) in [7, 11) is 0. The van der Waals surface area contributed by atoms with Crippen LogP contribution in [0.15, 0.2) is 29.8 Å². The van der Waals surface area contributed by atoms with E-state index in [1.165, 1.54) is 10.4 Å². The van der Waals surface area contributed by atoms with Gasteiger partial charge in [-0.25, -0.2) is 4.98 Å². The summed E-state index contributed by atoms with van der Waals surface area (Å²) in [6, 6.07) is 8.04. The quantitative estimate of drug-likeness (QED) is 0.860. The number of benzene rings is 1. The zero-order valence-corrected chi connectivity index (χ0v) is 12.8. The first-order valence-corrected chi connectivity index (χ1v) is 7.67. The molecule has 1 aromatic heterocycles. The fourth-order valence-electron chi connectivity index (χ4n) is 2.36. The molecular weight excluding hydrogens is 270 g/mol. The second-order valence-corrected chi connectivity index (χ2v) is 6.26. The second kappa shape index (κ2) is 6.48. The molecule has 0 aliphatic rings. The molecule has 2 rings (SSSR count). The van der Waals surface area contributed by atoms with Crippen LogP contribution in [0, 0.1) is 13.8 Å². The van der Waals surface area contributed by atoms with Crippen molar-refractivity contribution < 1.29 is 10.2 Å². The van der Waals surface area contributed by atoms with E-state index >= 15 is 0 Å². The number of aliphatic hydroxyl groups excluding tert-OH is 2. The first-order valence-electron chi connectivity index (χ1n) is 6.79. The summed E-state index contributed by atoms with van der Waals surface area (Å²) in [5, 5.41) is 19.6. The van der Waals surface area contributed by atoms with Gasteiger partial charge in [-0.3, -0.25) is 0 Å². The molecule has 0 atom stereocenters. The summed E-state index contributed by atoms with van der Waals surface area (Å²) in [5.74, 6) is 0. The van der Waals surface area contributed by atoms with Crippen molar-refractivity contribution in [3.8, 4) is 0 Å². The molecule has 2 aromatic rings. The SMILES string of the molecule is Cc1ccc(C(CO)(CO)CCc2scnc2C)cc1. The van der Waals surface area contributed by atoms with Crippen LogP contribution in [-0.2, 0) is 11.8 Å². The van der Waals surface area contributed by atoms with Gasteiger partial charge in [0.1, 0.15) is 0 Å². The number of hydrogen-bond donors (Lipinski definition) is 2. The normalized spacial score (nSPS) is 11.8. The van der Waals surface area contributed by atoms with E-state index in [1.807, 2.05) is 43.6 Å². The third kappa shape index (κ3) is 3.08. The Morgan fingerprint density at radius 3 is 2.25 bits per heavy atom. The topological polar surface area (TPSA) is 53.4 Å². The maximum atomic E-state index is 9.82. The summed E-state index contributed by atoms with van der Waals surface area (Å²) in [4.78, 5) is 5.47. The predicted octanol–water partition coefficient (Wildman–Crippen LogP) is 2.62. The molecule has 1 aromatic carbocycles. The first kappa shape index (κ1) is 15.2. The fourth-order valence-corrected chi connectivity index (χ4v) is 3.14. The Hall–Kier alpha value is -1.23. The zero-order valence-electron chi connectivity index (χ0n) is 12.0. The van der Waals surface area contributed by atoms with Gasteiger partial charge in [0.15, 0.2) is 0 Å². The van der Waals surface area contributed by atoms with Gasteiger partial charge in [0.2, 0.25) is 0 Å². The molecule has 0 unspecified atom stereocenters. The van der Waals surface area contributed by atoms with Crippen molar-refractivity contribution in [2.75, 3.05) is 13.2 Å². The van der Waals surface area contributed by atoms with Crippen LogP contribution >= 0.6 is 11.3 Å². The van der Waals surface area contributed by atoms with Crippen molar-refractivity contribution in [3.05, 3.63) is 51.5 Å². The first-order chi connectivity index (χ1) is 9.61. The number of hydrogen-bond acceptors (Lipinski definition) is 4. The highest BCUT2D eigenvalue weighted by Gasteiger charge is 2.31. The summed E-state index contributed by atoms with van der Waals surface area (Å²) in [6.07, 6.45) is 1.54. The Morgan fingerprint density at radius 2 is 1.75 bits per heavy atom. The molecule has 0 saturated heterocycles. The molecule has 1 heterocycles. The van der Waals surface area contributed by atoms with Crippen LogP contribution in [-0.4, -0.2) is 28.4 Å². The maximum Gasteiger partial charge on any atom is 0.0797 e. The number of aliphatic hydroxyl groups is 2.